The van der Waals surface area contributed by atoms with Crippen LogP contribution >= 0.6 is 11.6 Å². The molecular weight excluding hydrogens is 437 g/mol. The highest BCUT2D eigenvalue weighted by molar-refractivity contribution is 6.31. The van der Waals surface area contributed by atoms with Crippen LogP contribution in [0.5, 0.6) is 17.4 Å². The van der Waals surface area contributed by atoms with Crippen LogP contribution in [-0.2, 0) is 6.61 Å². The van der Waals surface area contributed by atoms with Gasteiger partial charge in [-0.1, -0.05) is 54.1 Å². The van der Waals surface area contributed by atoms with E-state index in [1.54, 1.807) is 31.2 Å². The summed E-state index contributed by atoms with van der Waals surface area (Å²) in [5.41, 5.74) is -0.272. The van der Waals surface area contributed by atoms with Gasteiger partial charge in [-0.3, -0.25) is 4.79 Å². The van der Waals surface area contributed by atoms with E-state index in [1.807, 2.05) is 30.3 Å². The molecule has 162 valence electrons. The Morgan fingerprint density at radius 3 is 2.44 bits per heavy atom. The van der Waals surface area contributed by atoms with Crippen molar-refractivity contribution in [3.8, 4) is 23.2 Å². The maximum absolute atomic E-state index is 14.6. The predicted molar refractivity (Wildman–Crippen MR) is 117 cm³/mol. The Labute approximate surface area is 186 Å². The molecular formula is C23H17ClFN3O4. The highest BCUT2D eigenvalue weighted by atomic mass is 35.5. The summed E-state index contributed by atoms with van der Waals surface area (Å²) in [6.07, 6.45) is 0. The second-order valence-corrected chi connectivity index (χ2v) is 7.24. The first-order valence-electron chi connectivity index (χ1n) is 9.55. The molecule has 0 bridgehead atoms. The first-order chi connectivity index (χ1) is 15.4. The SMILES string of the molecule is Cc1cc(=O)n(-c2nc(Oc3ccccc3OCc3ccccc3)c(Cl)cc2F)c(=O)[nH]1. The van der Waals surface area contributed by atoms with Crippen molar-refractivity contribution in [3.63, 3.8) is 0 Å². The quantitative estimate of drug-likeness (QED) is 0.468. The number of hydrogen-bond donors (Lipinski definition) is 1. The van der Waals surface area contributed by atoms with Gasteiger partial charge in [0.1, 0.15) is 11.6 Å². The third kappa shape index (κ3) is 4.55. The maximum Gasteiger partial charge on any atom is 0.334 e. The molecule has 2 aromatic carbocycles. The smallest absolute Gasteiger partial charge is 0.334 e. The number of rotatable bonds is 6. The Kier molecular flexibility index (Phi) is 6.04. The molecule has 0 saturated carbocycles. The van der Waals surface area contributed by atoms with Gasteiger partial charge in [0.2, 0.25) is 5.88 Å². The number of aromatic amines is 1. The molecule has 0 aliphatic carbocycles. The zero-order valence-electron chi connectivity index (χ0n) is 16.8. The molecule has 0 spiro atoms. The number of para-hydroxylation sites is 2. The molecule has 0 fully saturated rings. The fraction of sp³-hybridized carbons (Fsp3) is 0.0870. The highest BCUT2D eigenvalue weighted by Gasteiger charge is 2.18. The van der Waals surface area contributed by atoms with E-state index in [1.165, 1.54) is 0 Å². The van der Waals surface area contributed by atoms with Gasteiger partial charge >= 0.3 is 5.69 Å². The molecule has 0 atom stereocenters. The van der Waals surface area contributed by atoms with Gasteiger partial charge in [0, 0.05) is 17.8 Å². The molecule has 7 nitrogen and oxygen atoms in total. The number of nitrogens with one attached hydrogen (secondary N) is 1. The van der Waals surface area contributed by atoms with Gasteiger partial charge in [0.05, 0.1) is 0 Å². The van der Waals surface area contributed by atoms with Gasteiger partial charge in [-0.05, 0) is 24.6 Å². The molecule has 2 aromatic heterocycles. The number of H-pyrrole nitrogens is 1. The molecule has 9 heteroatoms. The number of pyridine rings is 1. The second kappa shape index (κ2) is 9.07. The van der Waals surface area contributed by atoms with Crippen LogP contribution in [-0.4, -0.2) is 14.5 Å². The van der Waals surface area contributed by atoms with Gasteiger partial charge < -0.3 is 14.5 Å². The third-order valence-corrected chi connectivity index (χ3v) is 4.72. The van der Waals surface area contributed by atoms with Crippen molar-refractivity contribution < 1.29 is 13.9 Å². The minimum absolute atomic E-state index is 0.138. The number of aryl methyl sites for hydroxylation is 1. The van der Waals surface area contributed by atoms with Crippen LogP contribution in [0, 0.1) is 12.7 Å². The summed E-state index contributed by atoms with van der Waals surface area (Å²) in [5, 5.41) is -0.138. The van der Waals surface area contributed by atoms with Crippen LogP contribution in [0.25, 0.3) is 5.82 Å². The molecule has 0 radical (unpaired) electrons. The molecule has 4 aromatic rings. The molecule has 2 heterocycles. The summed E-state index contributed by atoms with van der Waals surface area (Å²) < 4.78 is 26.8. The lowest BCUT2D eigenvalue weighted by molar-refractivity contribution is 0.290. The Hall–Kier alpha value is -3.91. The lowest BCUT2D eigenvalue weighted by Crippen LogP contribution is -2.34. The van der Waals surface area contributed by atoms with Crippen LogP contribution in [0.3, 0.4) is 0 Å². The van der Waals surface area contributed by atoms with Crippen molar-refractivity contribution in [2.24, 2.45) is 0 Å². The summed E-state index contributed by atoms with van der Waals surface area (Å²) in [6.45, 7) is 1.84. The molecule has 1 N–H and O–H groups in total. The lowest BCUT2D eigenvalue weighted by atomic mass is 10.2. The van der Waals surface area contributed by atoms with E-state index in [4.69, 9.17) is 21.1 Å². The minimum Gasteiger partial charge on any atom is -0.485 e. The van der Waals surface area contributed by atoms with Crippen LogP contribution in [0.2, 0.25) is 5.02 Å². The van der Waals surface area contributed by atoms with Crippen LogP contribution in [0.15, 0.2) is 76.3 Å². The first kappa shape index (κ1) is 21.3. The van der Waals surface area contributed by atoms with Crippen molar-refractivity contribution in [1.82, 2.24) is 14.5 Å². The van der Waals surface area contributed by atoms with E-state index >= 15 is 0 Å². The molecule has 0 aliphatic heterocycles. The van der Waals surface area contributed by atoms with Crippen molar-refractivity contribution in [1.29, 1.82) is 0 Å². The van der Waals surface area contributed by atoms with E-state index < -0.39 is 22.9 Å². The number of hydrogen-bond acceptors (Lipinski definition) is 5. The van der Waals surface area contributed by atoms with Gasteiger partial charge in [-0.2, -0.15) is 4.98 Å². The van der Waals surface area contributed by atoms with Crippen molar-refractivity contribution in [2.75, 3.05) is 0 Å². The summed E-state index contributed by atoms with van der Waals surface area (Å²) in [6, 6.07) is 18.5. The predicted octanol–water partition coefficient (Wildman–Crippen LogP) is 4.39. The number of ether oxygens (including phenoxy) is 2. The molecule has 4 rings (SSSR count). The largest absolute Gasteiger partial charge is 0.485 e. The lowest BCUT2D eigenvalue weighted by Gasteiger charge is -2.14. The summed E-state index contributed by atoms with van der Waals surface area (Å²) in [5.74, 6) is -0.984. The van der Waals surface area contributed by atoms with Crippen molar-refractivity contribution in [3.05, 3.63) is 110 Å². The Bertz CT molecular complexity index is 1360. The van der Waals surface area contributed by atoms with E-state index in [2.05, 4.69) is 9.97 Å². The van der Waals surface area contributed by atoms with Crippen LogP contribution in [0.4, 0.5) is 4.39 Å². The zero-order valence-corrected chi connectivity index (χ0v) is 17.6. The van der Waals surface area contributed by atoms with Gasteiger partial charge in [0.15, 0.2) is 23.1 Å². The molecule has 0 saturated heterocycles. The maximum atomic E-state index is 14.6. The van der Waals surface area contributed by atoms with Gasteiger partial charge in [-0.15, -0.1) is 0 Å². The van der Waals surface area contributed by atoms with E-state index in [-0.39, 0.29) is 16.7 Å². The second-order valence-electron chi connectivity index (χ2n) is 6.83. The number of nitrogens with zero attached hydrogens (tertiary/aromatic N) is 2. The van der Waals surface area contributed by atoms with E-state index in [0.29, 0.717) is 22.6 Å². The molecule has 0 aliphatic rings. The summed E-state index contributed by atoms with van der Waals surface area (Å²) in [7, 11) is 0. The molecule has 0 unspecified atom stereocenters. The number of aromatic nitrogens is 3. The Balaban J connectivity index is 1.69. The van der Waals surface area contributed by atoms with Crippen molar-refractivity contribution >= 4 is 11.6 Å². The van der Waals surface area contributed by atoms with Crippen molar-refractivity contribution in [2.45, 2.75) is 13.5 Å². The van der Waals surface area contributed by atoms with Gasteiger partial charge in [0.25, 0.3) is 5.56 Å². The number of halogens is 2. The summed E-state index contributed by atoms with van der Waals surface area (Å²) >= 11 is 6.13. The van der Waals surface area contributed by atoms with Crippen LogP contribution in [0.1, 0.15) is 11.3 Å². The normalized spacial score (nSPS) is 10.7. The van der Waals surface area contributed by atoms with Gasteiger partial charge in [-0.25, -0.2) is 13.8 Å². The highest BCUT2D eigenvalue weighted by Crippen LogP contribution is 2.35. The third-order valence-electron chi connectivity index (χ3n) is 4.45. The average molecular weight is 454 g/mol. The van der Waals surface area contributed by atoms with E-state index in [0.717, 1.165) is 17.7 Å². The average Bonchev–Trinajstić information content (AvgIpc) is 2.76. The Morgan fingerprint density at radius 1 is 1.03 bits per heavy atom. The molecule has 0 amide bonds. The monoisotopic (exact) mass is 453 g/mol. The molecule has 32 heavy (non-hydrogen) atoms. The fourth-order valence-electron chi connectivity index (χ4n) is 2.97. The van der Waals surface area contributed by atoms with E-state index in [9.17, 15) is 14.0 Å². The summed E-state index contributed by atoms with van der Waals surface area (Å²) in [4.78, 5) is 31.0. The number of benzene rings is 2. The standard InChI is InChI=1S/C23H17ClFN3O4/c1-14-11-20(29)28(23(30)26-14)21-17(25)12-16(24)22(27-21)32-19-10-6-5-9-18(19)31-13-15-7-3-2-4-8-15/h2-12H,13H2,1H3,(H,26,30). The van der Waals surface area contributed by atoms with Crippen LogP contribution < -0.4 is 20.7 Å². The Morgan fingerprint density at radius 2 is 1.72 bits per heavy atom. The fourth-order valence-corrected chi connectivity index (χ4v) is 3.15. The minimum atomic E-state index is -0.951. The first-order valence-corrected chi connectivity index (χ1v) is 9.93. The topological polar surface area (TPSA) is 86.2 Å². The zero-order chi connectivity index (χ0) is 22.7.